The van der Waals surface area contributed by atoms with Gasteiger partial charge >= 0.3 is 0 Å². The van der Waals surface area contributed by atoms with Crippen LogP contribution in [-0.4, -0.2) is 11.7 Å². The highest BCUT2D eigenvalue weighted by Crippen LogP contribution is 2.12. The molecule has 0 aliphatic heterocycles. The fourth-order valence-electron chi connectivity index (χ4n) is 1.79. The van der Waals surface area contributed by atoms with E-state index in [9.17, 15) is 5.11 Å². The molecule has 0 heterocycles. The van der Waals surface area contributed by atoms with Gasteiger partial charge in [0.25, 0.3) is 0 Å². The van der Waals surface area contributed by atoms with Crippen molar-refractivity contribution in [2.24, 2.45) is 0 Å². The molecule has 1 atom stereocenters. The van der Waals surface area contributed by atoms with Crippen LogP contribution in [0, 0.1) is 0 Å². The van der Waals surface area contributed by atoms with Crippen LogP contribution in [0.25, 0.3) is 0 Å². The molecule has 5 heteroatoms. The van der Waals surface area contributed by atoms with Crippen molar-refractivity contribution in [2.75, 3.05) is 6.54 Å². The molecule has 0 fully saturated rings. The smallest absolute Gasteiger partial charge is 0.0914 e. The zero-order valence-electron chi connectivity index (χ0n) is 10.8. The van der Waals surface area contributed by atoms with Gasteiger partial charge in [0.2, 0.25) is 0 Å². The molecule has 20 heavy (non-hydrogen) atoms. The van der Waals surface area contributed by atoms with Gasteiger partial charge in [-0.2, -0.15) is 0 Å². The van der Waals surface area contributed by atoms with Crippen LogP contribution >= 0.6 is 11.6 Å². The van der Waals surface area contributed by atoms with E-state index in [-0.39, 0.29) is 24.8 Å². The highest BCUT2D eigenvalue weighted by molar-refractivity contribution is 6.30. The molecule has 2 N–H and O–H groups in total. The first kappa shape index (κ1) is 19.2. The van der Waals surface area contributed by atoms with Crippen LogP contribution in [0.15, 0.2) is 54.6 Å². The maximum Gasteiger partial charge on any atom is 0.0914 e. The second-order valence-electron chi connectivity index (χ2n) is 4.19. The Morgan fingerprint density at radius 1 is 1.00 bits per heavy atom. The number of rotatable bonds is 5. The van der Waals surface area contributed by atoms with Gasteiger partial charge in [0.15, 0.2) is 0 Å². The molecule has 0 bridgehead atoms. The second kappa shape index (κ2) is 10.0. The summed E-state index contributed by atoms with van der Waals surface area (Å²) < 4.78 is 0. The molecule has 0 saturated heterocycles. The minimum atomic E-state index is -0.481. The molecule has 0 aliphatic carbocycles. The van der Waals surface area contributed by atoms with Crippen LogP contribution in [-0.2, 0) is 6.54 Å². The number of aliphatic hydroxyl groups is 1. The molecule has 2 rings (SSSR count). The van der Waals surface area contributed by atoms with E-state index >= 15 is 0 Å². The molecule has 0 amide bonds. The van der Waals surface area contributed by atoms with E-state index in [1.807, 2.05) is 54.6 Å². The standard InChI is InChI=1S/C15H16ClNO.2ClH/c16-14-8-4-5-12(9-14)10-17-11-15(18)13-6-2-1-3-7-13;;/h1-9,15,17-18H,10-11H2;2*1H/p-2. The Bertz CT molecular complexity index is 493. The van der Waals surface area contributed by atoms with E-state index in [2.05, 4.69) is 5.32 Å². The molecule has 2 nitrogen and oxygen atoms in total. The summed E-state index contributed by atoms with van der Waals surface area (Å²) in [6.07, 6.45) is -0.481. The second-order valence-corrected chi connectivity index (χ2v) is 4.62. The molecule has 0 aliphatic rings. The number of hydrogen-bond donors (Lipinski definition) is 2. The van der Waals surface area contributed by atoms with Gasteiger partial charge in [-0.25, -0.2) is 0 Å². The van der Waals surface area contributed by atoms with E-state index in [4.69, 9.17) is 11.6 Å². The molecule has 1 unspecified atom stereocenters. The van der Waals surface area contributed by atoms with Crippen molar-refractivity contribution in [2.45, 2.75) is 12.6 Å². The van der Waals surface area contributed by atoms with Crippen molar-refractivity contribution in [3.63, 3.8) is 0 Å². The molecule has 0 spiro atoms. The lowest BCUT2D eigenvalue weighted by Crippen LogP contribution is -3.00. The summed E-state index contributed by atoms with van der Waals surface area (Å²) in [4.78, 5) is 0. The monoisotopic (exact) mass is 331 g/mol. The van der Waals surface area contributed by atoms with Gasteiger partial charge in [-0.05, 0) is 23.3 Å². The zero-order chi connectivity index (χ0) is 12.8. The molecular formula is C15H16Cl3NO-2. The molecule has 110 valence electrons. The Labute approximate surface area is 137 Å². The van der Waals surface area contributed by atoms with Crippen molar-refractivity contribution in [3.05, 3.63) is 70.7 Å². The molecule has 0 aromatic heterocycles. The van der Waals surface area contributed by atoms with Crippen molar-refractivity contribution in [3.8, 4) is 0 Å². The zero-order valence-corrected chi connectivity index (χ0v) is 13.0. The minimum absolute atomic E-state index is 0. The molecule has 2 aromatic carbocycles. The van der Waals surface area contributed by atoms with Gasteiger partial charge in [0, 0.05) is 18.1 Å². The predicted octanol–water partition coefficient (Wildman–Crippen LogP) is -2.83. The van der Waals surface area contributed by atoms with E-state index < -0.39 is 6.10 Å². The third-order valence-electron chi connectivity index (χ3n) is 2.74. The lowest BCUT2D eigenvalue weighted by molar-refractivity contribution is -0.00100. The largest absolute Gasteiger partial charge is 1.00 e. The van der Waals surface area contributed by atoms with Crippen molar-refractivity contribution < 1.29 is 29.9 Å². The normalized spacial score (nSPS) is 11.1. The van der Waals surface area contributed by atoms with Gasteiger partial charge in [-0.15, -0.1) is 0 Å². The molecular weight excluding hydrogens is 317 g/mol. The first-order valence-electron chi connectivity index (χ1n) is 5.94. The van der Waals surface area contributed by atoms with E-state index in [1.165, 1.54) is 0 Å². The lowest BCUT2D eigenvalue weighted by atomic mass is 10.1. The van der Waals surface area contributed by atoms with E-state index in [0.29, 0.717) is 13.1 Å². The fourth-order valence-corrected chi connectivity index (χ4v) is 2.01. The Balaban J connectivity index is 0.00000180. The first-order chi connectivity index (χ1) is 8.75. The van der Waals surface area contributed by atoms with Gasteiger partial charge in [0.05, 0.1) is 6.10 Å². The lowest BCUT2D eigenvalue weighted by Gasteiger charge is -2.12. The predicted molar refractivity (Wildman–Crippen MR) is 74.6 cm³/mol. The van der Waals surface area contributed by atoms with Crippen LogP contribution in [0.5, 0.6) is 0 Å². The Morgan fingerprint density at radius 2 is 1.70 bits per heavy atom. The van der Waals surface area contributed by atoms with Crippen LogP contribution < -0.4 is 30.1 Å². The summed E-state index contributed by atoms with van der Waals surface area (Å²) in [5.41, 5.74) is 2.04. The van der Waals surface area contributed by atoms with E-state index in [0.717, 1.165) is 16.1 Å². The van der Waals surface area contributed by atoms with Crippen LogP contribution in [0.3, 0.4) is 0 Å². The van der Waals surface area contributed by atoms with Gasteiger partial charge < -0.3 is 35.2 Å². The van der Waals surface area contributed by atoms with E-state index in [1.54, 1.807) is 0 Å². The summed E-state index contributed by atoms with van der Waals surface area (Å²) in [6, 6.07) is 17.3. The summed E-state index contributed by atoms with van der Waals surface area (Å²) >= 11 is 5.91. The minimum Gasteiger partial charge on any atom is -1.00 e. The fraction of sp³-hybridized carbons (Fsp3) is 0.200. The average Bonchev–Trinajstić information content (AvgIpc) is 2.40. The van der Waals surface area contributed by atoms with Crippen LogP contribution in [0.1, 0.15) is 17.2 Å². The molecule has 0 radical (unpaired) electrons. The van der Waals surface area contributed by atoms with Crippen LogP contribution in [0.4, 0.5) is 0 Å². The topological polar surface area (TPSA) is 32.3 Å². The first-order valence-corrected chi connectivity index (χ1v) is 6.31. The summed E-state index contributed by atoms with van der Waals surface area (Å²) in [6.45, 7) is 1.22. The summed E-state index contributed by atoms with van der Waals surface area (Å²) in [5.74, 6) is 0. The molecule has 2 aromatic rings. The summed E-state index contributed by atoms with van der Waals surface area (Å²) in [7, 11) is 0. The quantitative estimate of drug-likeness (QED) is 0.619. The van der Waals surface area contributed by atoms with Crippen LogP contribution in [0.2, 0.25) is 5.02 Å². The molecule has 0 saturated carbocycles. The third kappa shape index (κ3) is 6.12. The van der Waals surface area contributed by atoms with Gasteiger partial charge in [-0.1, -0.05) is 54.1 Å². The number of nitrogens with one attached hydrogen (secondary N) is 1. The number of aliphatic hydroxyl groups excluding tert-OH is 1. The highest BCUT2D eigenvalue weighted by Gasteiger charge is 2.05. The van der Waals surface area contributed by atoms with Crippen molar-refractivity contribution in [1.29, 1.82) is 0 Å². The maximum absolute atomic E-state index is 9.96. The Morgan fingerprint density at radius 3 is 2.35 bits per heavy atom. The van der Waals surface area contributed by atoms with Crippen molar-refractivity contribution in [1.82, 2.24) is 5.32 Å². The Hall–Kier alpha value is -0.770. The number of halogens is 3. The summed E-state index contributed by atoms with van der Waals surface area (Å²) in [5, 5.41) is 13.9. The van der Waals surface area contributed by atoms with Crippen molar-refractivity contribution >= 4 is 11.6 Å². The van der Waals surface area contributed by atoms with Gasteiger partial charge in [0.1, 0.15) is 0 Å². The van der Waals surface area contributed by atoms with Gasteiger partial charge in [-0.3, -0.25) is 0 Å². The maximum atomic E-state index is 9.96. The number of benzene rings is 2. The third-order valence-corrected chi connectivity index (χ3v) is 2.98. The SMILES string of the molecule is OC(CNCc1cccc(Cl)c1)c1ccccc1.[Cl-].[Cl-]. The highest BCUT2D eigenvalue weighted by atomic mass is 35.5. The number of hydrogen-bond acceptors (Lipinski definition) is 2. The average molecular weight is 333 g/mol. The Kier molecular flexibility index (Phi) is 9.64.